The smallest absolute Gasteiger partial charge is 0.306 e. The summed E-state index contributed by atoms with van der Waals surface area (Å²) in [7, 11) is 0. The Morgan fingerprint density at radius 3 is 0.919 bits per heavy atom. The van der Waals surface area contributed by atoms with Gasteiger partial charge in [0.2, 0.25) is 0 Å². The molecule has 0 fully saturated rings. The van der Waals surface area contributed by atoms with Crippen molar-refractivity contribution >= 4 is 17.9 Å². The lowest BCUT2D eigenvalue weighted by Crippen LogP contribution is -2.30. The van der Waals surface area contributed by atoms with E-state index in [1.54, 1.807) is 0 Å². The van der Waals surface area contributed by atoms with Crippen molar-refractivity contribution in [2.24, 2.45) is 11.8 Å². The zero-order valence-corrected chi connectivity index (χ0v) is 42.5. The zero-order chi connectivity index (χ0) is 45.4. The first kappa shape index (κ1) is 60.4. The maximum absolute atomic E-state index is 12.8. The monoisotopic (exact) mass is 877 g/mol. The second-order valence-electron chi connectivity index (χ2n) is 19.9. The van der Waals surface area contributed by atoms with E-state index < -0.39 is 6.10 Å². The molecular weight excluding hydrogens is 769 g/mol. The molecule has 0 saturated heterocycles. The number of esters is 3. The van der Waals surface area contributed by atoms with E-state index in [2.05, 4.69) is 34.6 Å². The number of ether oxygens (including phenoxy) is 3. The molecule has 0 saturated carbocycles. The molecule has 0 N–H and O–H groups in total. The minimum absolute atomic E-state index is 0.0630. The average Bonchev–Trinajstić information content (AvgIpc) is 3.26. The van der Waals surface area contributed by atoms with Crippen molar-refractivity contribution in [2.45, 2.75) is 317 Å². The van der Waals surface area contributed by atoms with Gasteiger partial charge in [-0.3, -0.25) is 14.4 Å². The van der Waals surface area contributed by atoms with E-state index in [1.807, 2.05) is 0 Å². The van der Waals surface area contributed by atoms with Crippen LogP contribution in [0, 0.1) is 11.8 Å². The van der Waals surface area contributed by atoms with Crippen molar-refractivity contribution in [3.8, 4) is 0 Å². The van der Waals surface area contributed by atoms with Gasteiger partial charge >= 0.3 is 17.9 Å². The fourth-order valence-corrected chi connectivity index (χ4v) is 8.49. The van der Waals surface area contributed by atoms with Gasteiger partial charge in [-0.1, -0.05) is 272 Å². The lowest BCUT2D eigenvalue weighted by Gasteiger charge is -2.18. The van der Waals surface area contributed by atoms with Gasteiger partial charge in [-0.25, -0.2) is 0 Å². The molecule has 0 aliphatic carbocycles. The van der Waals surface area contributed by atoms with Crippen LogP contribution in [0.5, 0.6) is 0 Å². The van der Waals surface area contributed by atoms with E-state index >= 15 is 0 Å². The summed E-state index contributed by atoms with van der Waals surface area (Å²) in [5.41, 5.74) is 0. The van der Waals surface area contributed by atoms with E-state index in [4.69, 9.17) is 14.2 Å². The highest BCUT2D eigenvalue weighted by Crippen LogP contribution is 2.18. The summed E-state index contributed by atoms with van der Waals surface area (Å²) in [6, 6.07) is 0. The molecule has 0 aromatic heterocycles. The summed E-state index contributed by atoms with van der Waals surface area (Å²) in [4.78, 5) is 38.0. The highest BCUT2D eigenvalue weighted by molar-refractivity contribution is 5.71. The van der Waals surface area contributed by atoms with Crippen molar-refractivity contribution in [3.05, 3.63) is 0 Å². The van der Waals surface area contributed by atoms with Crippen molar-refractivity contribution < 1.29 is 28.6 Å². The third-order valence-corrected chi connectivity index (χ3v) is 13.1. The van der Waals surface area contributed by atoms with Gasteiger partial charge < -0.3 is 14.2 Å². The van der Waals surface area contributed by atoms with Gasteiger partial charge in [0.05, 0.1) is 0 Å². The van der Waals surface area contributed by atoms with Crippen LogP contribution in [-0.4, -0.2) is 37.2 Å². The molecule has 0 rings (SSSR count). The van der Waals surface area contributed by atoms with Gasteiger partial charge in [-0.15, -0.1) is 0 Å². The van der Waals surface area contributed by atoms with E-state index in [1.165, 1.54) is 199 Å². The molecule has 0 amide bonds. The van der Waals surface area contributed by atoms with Crippen molar-refractivity contribution in [1.82, 2.24) is 0 Å². The first-order valence-corrected chi connectivity index (χ1v) is 27.8. The van der Waals surface area contributed by atoms with Crippen LogP contribution in [0.4, 0.5) is 0 Å². The summed E-state index contributed by atoms with van der Waals surface area (Å²) >= 11 is 0. The van der Waals surface area contributed by atoms with Gasteiger partial charge in [0.1, 0.15) is 13.2 Å². The zero-order valence-electron chi connectivity index (χ0n) is 42.5. The average molecular weight is 877 g/mol. The van der Waals surface area contributed by atoms with Crippen LogP contribution in [0.3, 0.4) is 0 Å². The van der Waals surface area contributed by atoms with Crippen LogP contribution >= 0.6 is 0 Å². The summed E-state index contributed by atoms with van der Waals surface area (Å²) < 4.78 is 16.8. The van der Waals surface area contributed by atoms with Crippen LogP contribution < -0.4 is 0 Å². The Morgan fingerprint density at radius 1 is 0.339 bits per heavy atom. The minimum Gasteiger partial charge on any atom is -0.462 e. The highest BCUT2D eigenvalue weighted by Gasteiger charge is 2.19. The van der Waals surface area contributed by atoms with Crippen molar-refractivity contribution in [1.29, 1.82) is 0 Å². The molecule has 1 unspecified atom stereocenters. The van der Waals surface area contributed by atoms with Gasteiger partial charge in [-0.2, -0.15) is 0 Å². The predicted octanol–water partition coefficient (Wildman–Crippen LogP) is 18.1. The molecule has 0 aromatic carbocycles. The number of carbonyl (C=O) groups is 3. The Morgan fingerprint density at radius 2 is 0.613 bits per heavy atom. The van der Waals surface area contributed by atoms with Gasteiger partial charge in [0.25, 0.3) is 0 Å². The van der Waals surface area contributed by atoms with Gasteiger partial charge in [0.15, 0.2) is 6.10 Å². The van der Waals surface area contributed by atoms with Crippen LogP contribution in [0.25, 0.3) is 0 Å². The number of carbonyl (C=O) groups excluding carboxylic acids is 3. The molecule has 0 heterocycles. The second kappa shape index (κ2) is 48.9. The fraction of sp³-hybridized carbons (Fsp3) is 0.946. The molecule has 62 heavy (non-hydrogen) atoms. The van der Waals surface area contributed by atoms with Gasteiger partial charge in [-0.05, 0) is 31.1 Å². The largest absolute Gasteiger partial charge is 0.462 e. The summed E-state index contributed by atoms with van der Waals surface area (Å²) in [6.45, 7) is 11.4. The Kier molecular flexibility index (Phi) is 47.6. The van der Waals surface area contributed by atoms with E-state index in [0.29, 0.717) is 19.3 Å². The maximum atomic E-state index is 12.8. The minimum atomic E-state index is -0.761. The van der Waals surface area contributed by atoms with E-state index in [9.17, 15) is 14.4 Å². The molecule has 368 valence electrons. The first-order valence-electron chi connectivity index (χ1n) is 27.8. The molecule has 0 aliphatic heterocycles. The Bertz CT molecular complexity index is 949. The molecule has 0 aromatic rings. The topological polar surface area (TPSA) is 78.9 Å². The Labute approximate surface area is 387 Å². The van der Waals surface area contributed by atoms with Crippen LogP contribution in [0.2, 0.25) is 0 Å². The number of hydrogen-bond acceptors (Lipinski definition) is 6. The standard InChI is InChI=1S/C56H108O6/c1-6-8-9-10-11-12-19-28-33-38-43-48-56(59)62-53(50-61-55(58)47-42-37-32-27-23-18-17-20-24-29-34-39-44-51(3)4)49-60-54(57)46-41-36-31-26-22-16-14-13-15-21-25-30-35-40-45-52(5)7-2/h51-53H,6-50H2,1-5H3/t52?,53-/m0/s1. The molecule has 0 bridgehead atoms. The highest BCUT2D eigenvalue weighted by atomic mass is 16.6. The Hall–Kier alpha value is -1.59. The van der Waals surface area contributed by atoms with Crippen LogP contribution in [-0.2, 0) is 28.6 Å². The van der Waals surface area contributed by atoms with Crippen LogP contribution in [0.15, 0.2) is 0 Å². The third-order valence-electron chi connectivity index (χ3n) is 13.1. The molecule has 0 aliphatic rings. The molecular formula is C56H108O6. The lowest BCUT2D eigenvalue weighted by atomic mass is 9.99. The van der Waals surface area contributed by atoms with Gasteiger partial charge in [0, 0.05) is 19.3 Å². The van der Waals surface area contributed by atoms with E-state index in [0.717, 1.165) is 69.6 Å². The molecule has 0 spiro atoms. The molecule has 6 nitrogen and oxygen atoms in total. The van der Waals surface area contributed by atoms with E-state index in [-0.39, 0.29) is 31.1 Å². The summed E-state index contributed by atoms with van der Waals surface area (Å²) in [5.74, 6) is 0.886. The molecule has 0 radical (unpaired) electrons. The number of rotatable bonds is 50. The normalized spacial score (nSPS) is 12.5. The quantitative estimate of drug-likeness (QED) is 0.0344. The lowest BCUT2D eigenvalue weighted by molar-refractivity contribution is -0.167. The fourth-order valence-electron chi connectivity index (χ4n) is 8.49. The Balaban J connectivity index is 4.26. The molecule has 2 atom stereocenters. The maximum Gasteiger partial charge on any atom is 0.306 e. The van der Waals surface area contributed by atoms with Crippen molar-refractivity contribution in [2.75, 3.05) is 13.2 Å². The first-order chi connectivity index (χ1) is 30.3. The summed E-state index contributed by atoms with van der Waals surface area (Å²) in [6.07, 6.45) is 50.8. The van der Waals surface area contributed by atoms with Crippen molar-refractivity contribution in [3.63, 3.8) is 0 Å². The number of hydrogen-bond donors (Lipinski definition) is 0. The SMILES string of the molecule is CCCCCCCCCCCCCC(=O)O[C@@H](COC(=O)CCCCCCCCCCCCCCCCC(C)CC)COC(=O)CCCCCCCCCCCCCCC(C)C. The molecule has 6 heteroatoms. The summed E-state index contributed by atoms with van der Waals surface area (Å²) in [5, 5.41) is 0. The number of unbranched alkanes of at least 4 members (excludes halogenated alkanes) is 34. The van der Waals surface area contributed by atoms with Crippen LogP contribution in [0.1, 0.15) is 311 Å². The third kappa shape index (κ3) is 47.9. The second-order valence-corrected chi connectivity index (χ2v) is 19.9. The predicted molar refractivity (Wildman–Crippen MR) is 266 cm³/mol.